The molecule has 0 saturated heterocycles. The average Bonchev–Trinajstić information content (AvgIpc) is 2.41. The molecule has 0 atom stereocenters. The normalized spacial score (nSPS) is 14.7. The molecule has 0 amide bonds. The van der Waals surface area contributed by atoms with Crippen LogP contribution in [0.2, 0.25) is 0 Å². The van der Waals surface area contributed by atoms with Gasteiger partial charge in [0.2, 0.25) is 0 Å². The minimum atomic E-state index is 0.0284. The van der Waals surface area contributed by atoms with E-state index in [-0.39, 0.29) is 5.78 Å². The van der Waals surface area contributed by atoms with Crippen molar-refractivity contribution in [3.63, 3.8) is 0 Å². The Kier molecular flexibility index (Phi) is 4.19. The quantitative estimate of drug-likeness (QED) is 0.783. The summed E-state index contributed by atoms with van der Waals surface area (Å²) < 4.78 is 10.8. The van der Waals surface area contributed by atoms with Crippen molar-refractivity contribution in [3.05, 3.63) is 42.2 Å². The molecule has 3 nitrogen and oxygen atoms in total. The summed E-state index contributed by atoms with van der Waals surface area (Å²) in [5.41, 5.74) is 0. The maximum Gasteiger partial charge on any atom is 0.200 e. The summed E-state index contributed by atoms with van der Waals surface area (Å²) in [6.45, 7) is 1.04. The first kappa shape index (κ1) is 11.7. The molecule has 2 rings (SSSR count). The van der Waals surface area contributed by atoms with Gasteiger partial charge < -0.3 is 9.47 Å². The van der Waals surface area contributed by atoms with Crippen molar-refractivity contribution in [2.24, 2.45) is 0 Å². The summed E-state index contributed by atoms with van der Waals surface area (Å²) in [6, 6.07) is 9.49. The Labute approximate surface area is 101 Å². The number of allylic oxidation sites excluding steroid dienone is 2. The number of para-hydroxylation sites is 1. The number of Topliss-reactive ketones (excluding diaryl/α,β-unsaturated/α-hetero) is 1. The van der Waals surface area contributed by atoms with Crippen LogP contribution >= 0.6 is 0 Å². The molecule has 0 fully saturated rings. The minimum Gasteiger partial charge on any atom is -0.493 e. The third kappa shape index (κ3) is 3.63. The van der Waals surface area contributed by atoms with Gasteiger partial charge >= 0.3 is 0 Å². The van der Waals surface area contributed by atoms with Crippen LogP contribution in [0.5, 0.6) is 5.75 Å². The van der Waals surface area contributed by atoms with Crippen LogP contribution in [0.3, 0.4) is 0 Å². The van der Waals surface area contributed by atoms with E-state index in [1.54, 1.807) is 0 Å². The summed E-state index contributed by atoms with van der Waals surface area (Å²) in [5, 5.41) is 0. The van der Waals surface area contributed by atoms with Gasteiger partial charge in [0.05, 0.1) is 13.2 Å². The van der Waals surface area contributed by atoms with Gasteiger partial charge in [0, 0.05) is 6.42 Å². The zero-order chi connectivity index (χ0) is 11.9. The molecule has 0 spiro atoms. The standard InChI is InChI=1S/C14H16O3/c15-13(14-8-4-5-10-17-14)9-11-16-12-6-2-1-3-7-12/h1-3,6-8H,4-5,9-11H2. The van der Waals surface area contributed by atoms with Crippen molar-refractivity contribution in [3.8, 4) is 5.75 Å². The summed E-state index contributed by atoms with van der Waals surface area (Å²) in [4.78, 5) is 11.7. The Hall–Kier alpha value is -1.77. The summed E-state index contributed by atoms with van der Waals surface area (Å²) >= 11 is 0. The van der Waals surface area contributed by atoms with Gasteiger partial charge in [0.1, 0.15) is 5.75 Å². The molecule has 1 aromatic carbocycles. The number of hydrogen-bond acceptors (Lipinski definition) is 3. The van der Waals surface area contributed by atoms with Gasteiger partial charge in [-0.05, 0) is 31.1 Å². The fourth-order valence-electron chi connectivity index (χ4n) is 1.65. The number of ether oxygens (including phenoxy) is 2. The average molecular weight is 232 g/mol. The van der Waals surface area contributed by atoms with Crippen molar-refractivity contribution in [2.45, 2.75) is 19.3 Å². The molecule has 0 unspecified atom stereocenters. The number of carbonyl (C=O) groups excluding carboxylic acids is 1. The van der Waals surface area contributed by atoms with E-state index in [0.717, 1.165) is 18.6 Å². The molecule has 17 heavy (non-hydrogen) atoms. The summed E-state index contributed by atoms with van der Waals surface area (Å²) in [6.07, 6.45) is 4.16. The molecule has 1 aliphatic rings. The summed E-state index contributed by atoms with van der Waals surface area (Å²) in [5.74, 6) is 1.33. The topological polar surface area (TPSA) is 35.5 Å². The first-order valence-corrected chi connectivity index (χ1v) is 5.90. The van der Waals surface area contributed by atoms with Crippen LogP contribution < -0.4 is 4.74 Å². The Morgan fingerprint density at radius 2 is 2.12 bits per heavy atom. The maximum atomic E-state index is 11.7. The first-order chi connectivity index (χ1) is 8.36. The van der Waals surface area contributed by atoms with E-state index in [1.807, 2.05) is 36.4 Å². The number of hydrogen-bond donors (Lipinski definition) is 0. The highest BCUT2D eigenvalue weighted by Crippen LogP contribution is 2.13. The zero-order valence-electron chi connectivity index (χ0n) is 9.72. The highest BCUT2D eigenvalue weighted by atomic mass is 16.5. The lowest BCUT2D eigenvalue weighted by Gasteiger charge is -2.13. The number of benzene rings is 1. The van der Waals surface area contributed by atoms with E-state index in [2.05, 4.69) is 0 Å². The van der Waals surface area contributed by atoms with Crippen molar-refractivity contribution in [1.82, 2.24) is 0 Å². The van der Waals surface area contributed by atoms with Crippen LogP contribution in [0.1, 0.15) is 19.3 Å². The predicted octanol–water partition coefficient (Wildman–Crippen LogP) is 2.72. The van der Waals surface area contributed by atoms with E-state index in [9.17, 15) is 4.79 Å². The lowest BCUT2D eigenvalue weighted by Crippen LogP contribution is -2.14. The highest BCUT2D eigenvalue weighted by molar-refractivity contribution is 5.93. The second-order valence-corrected chi connectivity index (χ2v) is 3.89. The number of rotatable bonds is 5. The van der Waals surface area contributed by atoms with Gasteiger partial charge in [-0.2, -0.15) is 0 Å². The molecular formula is C14H16O3. The lowest BCUT2D eigenvalue weighted by molar-refractivity contribution is -0.119. The highest BCUT2D eigenvalue weighted by Gasteiger charge is 2.13. The van der Waals surface area contributed by atoms with Gasteiger partial charge in [-0.3, -0.25) is 4.79 Å². The van der Waals surface area contributed by atoms with E-state index < -0.39 is 0 Å². The van der Waals surface area contributed by atoms with Gasteiger partial charge in [0.25, 0.3) is 0 Å². The van der Waals surface area contributed by atoms with E-state index in [0.29, 0.717) is 25.4 Å². The zero-order valence-corrected chi connectivity index (χ0v) is 9.72. The monoisotopic (exact) mass is 232 g/mol. The number of carbonyl (C=O) groups is 1. The molecule has 0 saturated carbocycles. The van der Waals surface area contributed by atoms with E-state index in [1.165, 1.54) is 0 Å². The van der Waals surface area contributed by atoms with E-state index in [4.69, 9.17) is 9.47 Å². The smallest absolute Gasteiger partial charge is 0.200 e. The van der Waals surface area contributed by atoms with Gasteiger partial charge in [-0.15, -0.1) is 0 Å². The molecule has 1 heterocycles. The second kappa shape index (κ2) is 6.09. The molecular weight excluding hydrogens is 216 g/mol. The Morgan fingerprint density at radius 3 is 2.82 bits per heavy atom. The largest absolute Gasteiger partial charge is 0.493 e. The first-order valence-electron chi connectivity index (χ1n) is 5.90. The predicted molar refractivity (Wildman–Crippen MR) is 64.8 cm³/mol. The van der Waals surface area contributed by atoms with Crippen molar-refractivity contribution in [2.75, 3.05) is 13.2 Å². The molecule has 1 aliphatic heterocycles. The molecule has 90 valence electrons. The maximum absolute atomic E-state index is 11.7. The minimum absolute atomic E-state index is 0.0284. The van der Waals surface area contributed by atoms with Gasteiger partial charge in [-0.1, -0.05) is 18.2 Å². The van der Waals surface area contributed by atoms with Gasteiger partial charge in [-0.25, -0.2) is 0 Å². The molecule has 1 aromatic rings. The van der Waals surface area contributed by atoms with Gasteiger partial charge in [0.15, 0.2) is 11.5 Å². The van der Waals surface area contributed by atoms with Crippen LogP contribution in [-0.4, -0.2) is 19.0 Å². The third-order valence-corrected chi connectivity index (χ3v) is 2.55. The van der Waals surface area contributed by atoms with E-state index >= 15 is 0 Å². The molecule has 0 bridgehead atoms. The van der Waals surface area contributed by atoms with Crippen molar-refractivity contribution >= 4 is 5.78 Å². The molecule has 0 radical (unpaired) electrons. The fraction of sp³-hybridized carbons (Fsp3) is 0.357. The SMILES string of the molecule is O=C(CCOc1ccccc1)C1=CCCCO1. The van der Waals surface area contributed by atoms with Crippen LogP contribution in [-0.2, 0) is 9.53 Å². The third-order valence-electron chi connectivity index (χ3n) is 2.55. The van der Waals surface area contributed by atoms with Crippen LogP contribution in [0, 0.1) is 0 Å². The van der Waals surface area contributed by atoms with Crippen LogP contribution in [0.4, 0.5) is 0 Å². The fourth-order valence-corrected chi connectivity index (χ4v) is 1.65. The Bertz CT molecular complexity index is 395. The Morgan fingerprint density at radius 1 is 1.29 bits per heavy atom. The van der Waals surface area contributed by atoms with Crippen molar-refractivity contribution in [1.29, 1.82) is 0 Å². The van der Waals surface area contributed by atoms with Crippen LogP contribution in [0.15, 0.2) is 42.2 Å². The molecule has 0 aromatic heterocycles. The van der Waals surface area contributed by atoms with Crippen molar-refractivity contribution < 1.29 is 14.3 Å². The van der Waals surface area contributed by atoms with Crippen LogP contribution in [0.25, 0.3) is 0 Å². The number of ketones is 1. The Balaban J connectivity index is 1.75. The lowest BCUT2D eigenvalue weighted by atomic mass is 10.1. The summed E-state index contributed by atoms with van der Waals surface area (Å²) in [7, 11) is 0. The molecule has 0 aliphatic carbocycles. The molecule has 0 N–H and O–H groups in total. The molecule has 3 heteroatoms. The second-order valence-electron chi connectivity index (χ2n) is 3.89.